The van der Waals surface area contributed by atoms with E-state index in [1.54, 1.807) is 0 Å². The molecule has 2 unspecified atom stereocenters. The second kappa shape index (κ2) is 17.1. The van der Waals surface area contributed by atoms with E-state index in [1.807, 2.05) is 13.0 Å². The number of allylic oxidation sites excluding steroid dienone is 5. The summed E-state index contributed by atoms with van der Waals surface area (Å²) in [7, 11) is -3.66. The van der Waals surface area contributed by atoms with Crippen molar-refractivity contribution in [3.63, 3.8) is 0 Å². The van der Waals surface area contributed by atoms with Crippen LogP contribution in [0.15, 0.2) is 34.9 Å². The van der Waals surface area contributed by atoms with Gasteiger partial charge in [0.15, 0.2) is 0 Å². The van der Waals surface area contributed by atoms with Gasteiger partial charge in [0.25, 0.3) is 0 Å². The lowest BCUT2D eigenvalue weighted by molar-refractivity contribution is 0.312. The molecule has 6 nitrogen and oxygen atoms in total. The zero-order valence-corrected chi connectivity index (χ0v) is 17.0. The Morgan fingerprint density at radius 2 is 1.33 bits per heavy atom. The van der Waals surface area contributed by atoms with Crippen LogP contribution < -0.4 is 0 Å². The first-order chi connectivity index (χ1) is 11.2. The molecule has 0 aromatic heterocycles. The van der Waals surface area contributed by atoms with E-state index in [1.165, 1.54) is 23.8 Å². The molecular formula is C16H30O6P2+2. The van der Waals surface area contributed by atoms with Crippen molar-refractivity contribution in [2.24, 2.45) is 0 Å². The zero-order chi connectivity index (χ0) is 19.0. The SMILES string of the molecule is CC(C)=CCCC(C)=CCCC(C)=CCO[P+](=O)O.CO[P+](=O)O. The van der Waals surface area contributed by atoms with Gasteiger partial charge in [-0.05, 0) is 53.4 Å². The van der Waals surface area contributed by atoms with Crippen LogP contribution in [-0.2, 0) is 18.2 Å². The summed E-state index contributed by atoms with van der Waals surface area (Å²) in [5.41, 5.74) is 3.97. The van der Waals surface area contributed by atoms with Gasteiger partial charge in [0.05, 0.1) is 7.11 Å². The molecule has 0 aromatic rings. The lowest BCUT2D eigenvalue weighted by Gasteiger charge is -2.00. The molecular weight excluding hydrogens is 350 g/mol. The summed E-state index contributed by atoms with van der Waals surface area (Å²) >= 11 is 0. The Morgan fingerprint density at radius 1 is 0.875 bits per heavy atom. The molecule has 0 heterocycles. The van der Waals surface area contributed by atoms with Crippen LogP contribution in [0.1, 0.15) is 53.4 Å². The second-order valence-corrected chi connectivity index (χ2v) is 6.99. The normalized spacial score (nSPS) is 13.0. The third-order valence-corrected chi connectivity index (χ3v) is 3.58. The maximum absolute atomic E-state index is 10.3. The summed E-state index contributed by atoms with van der Waals surface area (Å²) in [4.78, 5) is 16.1. The molecule has 0 aliphatic carbocycles. The van der Waals surface area contributed by atoms with Crippen LogP contribution in [0.4, 0.5) is 0 Å². The van der Waals surface area contributed by atoms with Gasteiger partial charge in [0.1, 0.15) is 6.61 Å². The molecule has 0 amide bonds. The summed E-state index contributed by atoms with van der Waals surface area (Å²) < 4.78 is 28.0. The molecule has 0 saturated heterocycles. The van der Waals surface area contributed by atoms with Gasteiger partial charge in [-0.3, -0.25) is 0 Å². The largest absolute Gasteiger partial charge is 0.695 e. The summed E-state index contributed by atoms with van der Waals surface area (Å²) in [6, 6.07) is 0. The predicted octanol–water partition coefficient (Wildman–Crippen LogP) is 5.35. The molecule has 0 aliphatic heterocycles. The minimum Gasteiger partial charge on any atom is -0.133 e. The van der Waals surface area contributed by atoms with Crippen LogP contribution in [0.5, 0.6) is 0 Å². The van der Waals surface area contributed by atoms with Gasteiger partial charge in [0.2, 0.25) is 0 Å². The van der Waals surface area contributed by atoms with Gasteiger partial charge in [0, 0.05) is 9.13 Å². The smallest absolute Gasteiger partial charge is 0.133 e. The Hall–Kier alpha value is -0.740. The summed E-state index contributed by atoms with van der Waals surface area (Å²) in [6.07, 6.45) is 10.6. The van der Waals surface area contributed by atoms with Crippen LogP contribution in [-0.4, -0.2) is 23.5 Å². The molecule has 24 heavy (non-hydrogen) atoms. The molecule has 0 aromatic carbocycles. The first kappa shape index (κ1) is 25.5. The first-order valence-corrected chi connectivity index (χ1v) is 9.89. The second-order valence-electron chi connectivity index (χ2n) is 5.41. The van der Waals surface area contributed by atoms with Gasteiger partial charge in [-0.1, -0.05) is 34.9 Å². The molecule has 0 bridgehead atoms. The van der Waals surface area contributed by atoms with E-state index in [4.69, 9.17) is 9.79 Å². The van der Waals surface area contributed by atoms with Crippen molar-refractivity contribution in [2.45, 2.75) is 53.4 Å². The van der Waals surface area contributed by atoms with E-state index in [-0.39, 0.29) is 6.61 Å². The first-order valence-electron chi connectivity index (χ1n) is 7.63. The standard InChI is InChI=1S/C15H25O3P.CH3O3P/c1-13(2)7-5-8-14(3)9-6-10-15(4)11-12-18-19(16)17;1-4-5(2)3/h7,9,11H,5-6,8,10,12H2,1-4H3;1H3/p+2. The van der Waals surface area contributed by atoms with Crippen molar-refractivity contribution in [1.82, 2.24) is 0 Å². The molecule has 8 heteroatoms. The highest BCUT2D eigenvalue weighted by Gasteiger charge is 2.08. The maximum Gasteiger partial charge on any atom is 0.695 e. The minimum atomic E-state index is -2.48. The molecule has 0 fully saturated rings. The average molecular weight is 380 g/mol. The fraction of sp³-hybridized carbons (Fsp3) is 0.625. The van der Waals surface area contributed by atoms with E-state index in [0.717, 1.165) is 25.7 Å². The van der Waals surface area contributed by atoms with Crippen LogP contribution in [0.3, 0.4) is 0 Å². The van der Waals surface area contributed by atoms with E-state index in [0.29, 0.717) is 0 Å². The van der Waals surface area contributed by atoms with Crippen molar-refractivity contribution in [2.75, 3.05) is 13.7 Å². The Kier molecular flexibility index (Phi) is 18.2. The lowest BCUT2D eigenvalue weighted by Crippen LogP contribution is -1.85. The fourth-order valence-corrected chi connectivity index (χ4v) is 1.78. The van der Waals surface area contributed by atoms with Crippen LogP contribution >= 0.6 is 16.5 Å². The number of rotatable bonds is 10. The molecule has 0 aliphatic rings. The molecule has 0 radical (unpaired) electrons. The fourth-order valence-electron chi connectivity index (χ4n) is 1.58. The quantitative estimate of drug-likeness (QED) is 0.392. The monoisotopic (exact) mass is 380 g/mol. The van der Waals surface area contributed by atoms with Gasteiger partial charge >= 0.3 is 16.5 Å². The number of hydrogen-bond donors (Lipinski definition) is 2. The summed E-state index contributed by atoms with van der Waals surface area (Å²) in [6.45, 7) is 8.63. The van der Waals surface area contributed by atoms with E-state index in [9.17, 15) is 9.13 Å². The Labute approximate surface area is 147 Å². The van der Waals surface area contributed by atoms with Gasteiger partial charge in [-0.15, -0.1) is 18.8 Å². The Morgan fingerprint density at radius 3 is 1.75 bits per heavy atom. The highest BCUT2D eigenvalue weighted by molar-refractivity contribution is 7.32. The third kappa shape index (κ3) is 23.5. The molecule has 138 valence electrons. The van der Waals surface area contributed by atoms with E-state index < -0.39 is 16.5 Å². The third-order valence-electron chi connectivity index (χ3n) is 2.90. The van der Waals surface area contributed by atoms with Crippen molar-refractivity contribution in [3.05, 3.63) is 34.9 Å². The molecule has 2 atom stereocenters. The van der Waals surface area contributed by atoms with Crippen molar-refractivity contribution >= 4 is 16.5 Å². The Balaban J connectivity index is 0. The molecule has 0 spiro atoms. The molecule has 0 rings (SSSR count). The van der Waals surface area contributed by atoms with Gasteiger partial charge < -0.3 is 0 Å². The van der Waals surface area contributed by atoms with Crippen molar-refractivity contribution in [3.8, 4) is 0 Å². The molecule has 2 N–H and O–H groups in total. The van der Waals surface area contributed by atoms with Crippen molar-refractivity contribution in [1.29, 1.82) is 0 Å². The highest BCUT2D eigenvalue weighted by Crippen LogP contribution is 2.15. The van der Waals surface area contributed by atoms with Crippen LogP contribution in [0.2, 0.25) is 0 Å². The summed E-state index contributed by atoms with van der Waals surface area (Å²) in [5, 5.41) is 0. The van der Waals surface area contributed by atoms with Crippen LogP contribution in [0.25, 0.3) is 0 Å². The van der Waals surface area contributed by atoms with E-state index in [2.05, 4.69) is 42.0 Å². The van der Waals surface area contributed by atoms with Crippen molar-refractivity contribution < 1.29 is 28.0 Å². The topological polar surface area (TPSA) is 93.1 Å². The summed E-state index contributed by atoms with van der Waals surface area (Å²) in [5.74, 6) is 0. The van der Waals surface area contributed by atoms with Gasteiger partial charge in [-0.25, -0.2) is 0 Å². The number of hydrogen-bond acceptors (Lipinski definition) is 4. The van der Waals surface area contributed by atoms with E-state index >= 15 is 0 Å². The van der Waals surface area contributed by atoms with Crippen LogP contribution in [0, 0.1) is 0 Å². The zero-order valence-electron chi connectivity index (χ0n) is 15.2. The maximum atomic E-state index is 10.3. The molecule has 0 saturated carbocycles. The lowest BCUT2D eigenvalue weighted by atomic mass is 10.1. The Bertz CT molecular complexity index is 465. The predicted molar refractivity (Wildman–Crippen MR) is 98.0 cm³/mol. The highest BCUT2D eigenvalue weighted by atomic mass is 31.1. The average Bonchev–Trinajstić information content (AvgIpc) is 2.47. The van der Waals surface area contributed by atoms with Gasteiger partial charge in [-0.2, -0.15) is 0 Å². The minimum absolute atomic E-state index is 0.209.